The van der Waals surface area contributed by atoms with E-state index in [4.69, 9.17) is 5.73 Å². The highest BCUT2D eigenvalue weighted by atomic mass is 19.3. The molecule has 7 nitrogen and oxygen atoms in total. The summed E-state index contributed by atoms with van der Waals surface area (Å²) in [6.07, 6.45) is 0. The number of halogens is 3. The summed E-state index contributed by atoms with van der Waals surface area (Å²) in [6.45, 7) is 1.97. The van der Waals surface area contributed by atoms with Crippen LogP contribution in [0, 0.1) is 12.7 Å². The molecule has 3 heterocycles. The van der Waals surface area contributed by atoms with Gasteiger partial charge in [-0.25, -0.2) is 9.37 Å². The number of nitrogens with two attached hydrogens (primary N) is 1. The Kier molecular flexibility index (Phi) is 4.27. The van der Waals surface area contributed by atoms with E-state index in [1.165, 1.54) is 0 Å². The van der Waals surface area contributed by atoms with Crippen LogP contribution in [-0.2, 0) is 12.5 Å². The Balaban J connectivity index is 1.86. The standard InChI is InChI=1S/C18H16F3N7/c1-10-8-14(27-26-10)23-17-25-16(24-15-7-6-13(9-22)28(15)17)18(20,21)11-2-4-12(19)5-3-11/h2-8H,9,22H2,1H3,(H2,23,24,25,26,27). The normalized spacial score (nSPS) is 11.9. The molecule has 0 radical (unpaired) electrons. The third-order valence-corrected chi connectivity index (χ3v) is 4.23. The molecule has 0 fully saturated rings. The zero-order valence-electron chi connectivity index (χ0n) is 14.7. The number of rotatable bonds is 5. The highest BCUT2D eigenvalue weighted by Crippen LogP contribution is 2.34. The molecule has 0 bridgehead atoms. The van der Waals surface area contributed by atoms with E-state index in [9.17, 15) is 4.39 Å². The number of fused-ring (bicyclic) bond motifs is 1. The monoisotopic (exact) mass is 387 g/mol. The quantitative estimate of drug-likeness (QED) is 0.489. The molecular weight excluding hydrogens is 371 g/mol. The van der Waals surface area contributed by atoms with Crippen LogP contribution in [-0.4, -0.2) is 24.6 Å². The maximum absolute atomic E-state index is 15.0. The van der Waals surface area contributed by atoms with E-state index >= 15 is 8.78 Å². The Morgan fingerprint density at radius 1 is 1.14 bits per heavy atom. The SMILES string of the molecule is Cc1cc(Nc2nc(C(F)(F)c3ccc(F)cc3)nc3ccc(CN)n23)n[nH]1. The summed E-state index contributed by atoms with van der Waals surface area (Å²) < 4.78 is 44.7. The Bertz CT molecular complexity index is 1130. The topological polar surface area (TPSA) is 96.9 Å². The molecule has 144 valence electrons. The number of nitrogens with zero attached hydrogens (tertiary/aromatic N) is 4. The predicted octanol–water partition coefficient (Wildman–Crippen LogP) is 3.24. The molecule has 0 unspecified atom stereocenters. The van der Waals surface area contributed by atoms with Crippen LogP contribution < -0.4 is 11.1 Å². The van der Waals surface area contributed by atoms with Crippen molar-refractivity contribution >= 4 is 17.4 Å². The zero-order valence-corrected chi connectivity index (χ0v) is 14.7. The smallest absolute Gasteiger partial charge is 0.325 e. The third kappa shape index (κ3) is 3.07. The Morgan fingerprint density at radius 2 is 1.89 bits per heavy atom. The molecule has 3 aromatic heterocycles. The van der Waals surface area contributed by atoms with E-state index in [1.54, 1.807) is 22.6 Å². The maximum atomic E-state index is 15.0. The largest absolute Gasteiger partial charge is 0.331 e. The number of alkyl halides is 2. The minimum atomic E-state index is -3.53. The van der Waals surface area contributed by atoms with Gasteiger partial charge >= 0.3 is 5.92 Å². The van der Waals surface area contributed by atoms with E-state index in [0.717, 1.165) is 30.0 Å². The van der Waals surface area contributed by atoms with Crippen molar-refractivity contribution < 1.29 is 13.2 Å². The molecule has 0 saturated heterocycles. The number of anilines is 2. The second-order valence-corrected chi connectivity index (χ2v) is 6.24. The number of aromatic nitrogens is 5. The van der Waals surface area contributed by atoms with Gasteiger partial charge in [0, 0.05) is 29.6 Å². The summed E-state index contributed by atoms with van der Waals surface area (Å²) in [4.78, 5) is 8.05. The van der Waals surface area contributed by atoms with Gasteiger partial charge in [-0.15, -0.1) is 0 Å². The number of nitrogens with one attached hydrogen (secondary N) is 2. The van der Waals surface area contributed by atoms with E-state index in [-0.39, 0.29) is 18.1 Å². The molecule has 0 aliphatic heterocycles. The van der Waals surface area contributed by atoms with Crippen LogP contribution in [0.5, 0.6) is 0 Å². The minimum Gasteiger partial charge on any atom is -0.325 e. The average molecular weight is 387 g/mol. The van der Waals surface area contributed by atoms with Gasteiger partial charge in [-0.1, -0.05) is 0 Å². The highest BCUT2D eigenvalue weighted by molar-refractivity contribution is 5.56. The molecule has 0 saturated carbocycles. The van der Waals surface area contributed by atoms with Crippen molar-refractivity contribution in [1.82, 2.24) is 24.6 Å². The lowest BCUT2D eigenvalue weighted by Crippen LogP contribution is -2.21. The molecule has 4 N–H and O–H groups in total. The van der Waals surface area contributed by atoms with Crippen molar-refractivity contribution in [3.63, 3.8) is 0 Å². The van der Waals surface area contributed by atoms with Gasteiger partial charge in [-0.05, 0) is 43.3 Å². The molecule has 4 aromatic rings. The number of hydrogen-bond donors (Lipinski definition) is 3. The van der Waals surface area contributed by atoms with Crippen LogP contribution in [0.2, 0.25) is 0 Å². The first-order valence-electron chi connectivity index (χ1n) is 8.40. The average Bonchev–Trinajstić information content (AvgIpc) is 3.27. The van der Waals surface area contributed by atoms with Crippen molar-refractivity contribution in [3.05, 3.63) is 71.1 Å². The molecule has 28 heavy (non-hydrogen) atoms. The first-order chi connectivity index (χ1) is 13.4. The fourth-order valence-electron chi connectivity index (χ4n) is 2.85. The molecule has 0 aliphatic rings. The van der Waals surface area contributed by atoms with Crippen LogP contribution in [0.25, 0.3) is 5.65 Å². The first kappa shape index (κ1) is 18.0. The van der Waals surface area contributed by atoms with Crippen molar-refractivity contribution in [2.24, 2.45) is 5.73 Å². The molecule has 0 spiro atoms. The Morgan fingerprint density at radius 3 is 2.54 bits per heavy atom. The molecule has 0 amide bonds. The molecule has 1 aromatic carbocycles. The van der Waals surface area contributed by atoms with Gasteiger partial charge < -0.3 is 11.1 Å². The van der Waals surface area contributed by atoms with Crippen molar-refractivity contribution in [2.75, 3.05) is 5.32 Å². The van der Waals surface area contributed by atoms with Crippen LogP contribution in [0.4, 0.5) is 24.9 Å². The van der Waals surface area contributed by atoms with Gasteiger partial charge in [0.25, 0.3) is 0 Å². The molecule has 10 heteroatoms. The Labute approximate surface area is 157 Å². The maximum Gasteiger partial charge on any atom is 0.331 e. The van der Waals surface area contributed by atoms with E-state index in [2.05, 4.69) is 25.5 Å². The van der Waals surface area contributed by atoms with Gasteiger partial charge in [0.2, 0.25) is 11.8 Å². The number of hydrogen-bond acceptors (Lipinski definition) is 5. The van der Waals surface area contributed by atoms with Gasteiger partial charge in [0.1, 0.15) is 11.5 Å². The molecule has 4 rings (SSSR count). The Hall–Kier alpha value is -3.40. The number of aromatic amines is 1. The highest BCUT2D eigenvalue weighted by Gasteiger charge is 2.38. The predicted molar refractivity (Wildman–Crippen MR) is 96.9 cm³/mol. The van der Waals surface area contributed by atoms with Crippen LogP contribution >= 0.6 is 0 Å². The lowest BCUT2D eigenvalue weighted by Gasteiger charge is -2.17. The van der Waals surface area contributed by atoms with Gasteiger partial charge in [-0.2, -0.15) is 18.9 Å². The van der Waals surface area contributed by atoms with E-state index in [0.29, 0.717) is 11.5 Å². The summed E-state index contributed by atoms with van der Waals surface area (Å²) in [7, 11) is 0. The zero-order chi connectivity index (χ0) is 19.9. The number of aryl methyl sites for hydroxylation is 1. The summed E-state index contributed by atoms with van der Waals surface area (Å²) in [5.41, 5.74) is 7.01. The van der Waals surface area contributed by atoms with Crippen molar-refractivity contribution in [1.29, 1.82) is 0 Å². The minimum absolute atomic E-state index is 0.0961. The van der Waals surface area contributed by atoms with E-state index in [1.807, 2.05) is 6.92 Å². The lowest BCUT2D eigenvalue weighted by atomic mass is 10.1. The summed E-state index contributed by atoms with van der Waals surface area (Å²) in [6, 6.07) is 8.93. The van der Waals surface area contributed by atoms with E-state index < -0.39 is 23.1 Å². The van der Waals surface area contributed by atoms with Crippen molar-refractivity contribution in [2.45, 2.75) is 19.4 Å². The van der Waals surface area contributed by atoms with Gasteiger partial charge in [0.05, 0.1) is 0 Å². The summed E-state index contributed by atoms with van der Waals surface area (Å²) in [5.74, 6) is -4.35. The second kappa shape index (κ2) is 6.64. The van der Waals surface area contributed by atoms with Crippen LogP contribution in [0.3, 0.4) is 0 Å². The fourth-order valence-corrected chi connectivity index (χ4v) is 2.85. The van der Waals surface area contributed by atoms with Crippen LogP contribution in [0.1, 0.15) is 22.8 Å². The summed E-state index contributed by atoms with van der Waals surface area (Å²) in [5, 5.41) is 9.73. The number of benzene rings is 1. The lowest BCUT2D eigenvalue weighted by molar-refractivity contribution is 0.0330. The molecular formula is C18H16F3N7. The molecule has 0 aliphatic carbocycles. The fraction of sp³-hybridized carbons (Fsp3) is 0.167. The first-order valence-corrected chi connectivity index (χ1v) is 8.40. The van der Waals surface area contributed by atoms with Crippen molar-refractivity contribution in [3.8, 4) is 0 Å². The third-order valence-electron chi connectivity index (χ3n) is 4.23. The summed E-state index contributed by atoms with van der Waals surface area (Å²) >= 11 is 0. The van der Waals surface area contributed by atoms with Crippen LogP contribution in [0.15, 0.2) is 42.5 Å². The molecule has 0 atom stereocenters. The van der Waals surface area contributed by atoms with Gasteiger partial charge in [-0.3, -0.25) is 9.50 Å². The second-order valence-electron chi connectivity index (χ2n) is 6.24. The number of H-pyrrole nitrogens is 1. The van der Waals surface area contributed by atoms with Gasteiger partial charge in [0.15, 0.2) is 5.82 Å².